The number of hydrogen-bond donors (Lipinski definition) is 1. The maximum Gasteiger partial charge on any atom is 0.387 e. The van der Waals surface area contributed by atoms with Crippen molar-refractivity contribution in [2.24, 2.45) is 0 Å². The molecule has 1 N–H and O–H groups in total. The van der Waals surface area contributed by atoms with E-state index in [1.807, 2.05) is 19.0 Å². The Labute approximate surface area is 149 Å². The van der Waals surface area contributed by atoms with Crippen molar-refractivity contribution in [3.8, 4) is 5.75 Å². The Morgan fingerprint density at radius 3 is 2.52 bits per heavy atom. The summed E-state index contributed by atoms with van der Waals surface area (Å²) in [5, 5.41) is -0.222. The molecule has 0 atom stereocenters. The van der Waals surface area contributed by atoms with Crippen LogP contribution >= 0.6 is 11.6 Å². The molecule has 10 heteroatoms. The van der Waals surface area contributed by atoms with E-state index in [4.69, 9.17) is 11.6 Å². The fourth-order valence-electron chi connectivity index (χ4n) is 1.89. The summed E-state index contributed by atoms with van der Waals surface area (Å²) in [5.74, 6) is 0.451. The van der Waals surface area contributed by atoms with Crippen molar-refractivity contribution in [1.29, 1.82) is 0 Å². The maximum atomic E-state index is 12.3. The van der Waals surface area contributed by atoms with Gasteiger partial charge in [0, 0.05) is 26.8 Å². The van der Waals surface area contributed by atoms with E-state index in [0.717, 1.165) is 24.0 Å². The SMILES string of the molecule is CN(C)c1ccc(CNS(=O)(=O)c2ccc(OC(F)F)c(Cl)c2)cn1. The summed E-state index contributed by atoms with van der Waals surface area (Å²) in [6.45, 7) is -3.02. The third kappa shape index (κ3) is 5.25. The van der Waals surface area contributed by atoms with Crippen molar-refractivity contribution in [2.45, 2.75) is 18.1 Å². The van der Waals surface area contributed by atoms with Crippen LogP contribution in [0.5, 0.6) is 5.75 Å². The van der Waals surface area contributed by atoms with Crippen LogP contribution < -0.4 is 14.4 Å². The first-order valence-electron chi connectivity index (χ1n) is 7.05. The number of alkyl halides is 2. The monoisotopic (exact) mass is 391 g/mol. The fourth-order valence-corrected chi connectivity index (χ4v) is 3.22. The Kier molecular flexibility index (Phi) is 6.15. The summed E-state index contributed by atoms with van der Waals surface area (Å²) in [5.41, 5.74) is 0.665. The van der Waals surface area contributed by atoms with Gasteiger partial charge in [0.2, 0.25) is 10.0 Å². The second-order valence-corrected chi connectivity index (χ2v) is 7.39. The number of benzene rings is 1. The van der Waals surface area contributed by atoms with Gasteiger partial charge < -0.3 is 9.64 Å². The molecule has 2 aromatic rings. The van der Waals surface area contributed by atoms with Crippen LogP contribution in [0.3, 0.4) is 0 Å². The highest BCUT2D eigenvalue weighted by molar-refractivity contribution is 7.89. The summed E-state index contributed by atoms with van der Waals surface area (Å²) in [4.78, 5) is 5.85. The lowest BCUT2D eigenvalue weighted by atomic mass is 10.3. The molecule has 1 aromatic heterocycles. The van der Waals surface area contributed by atoms with Crippen molar-refractivity contribution in [3.05, 3.63) is 47.1 Å². The average Bonchev–Trinajstić information content (AvgIpc) is 2.55. The van der Waals surface area contributed by atoms with Gasteiger partial charge in [0.1, 0.15) is 11.6 Å². The highest BCUT2D eigenvalue weighted by atomic mass is 35.5. The molecule has 6 nitrogen and oxygen atoms in total. The van der Waals surface area contributed by atoms with Gasteiger partial charge in [-0.15, -0.1) is 0 Å². The Morgan fingerprint density at radius 2 is 2.00 bits per heavy atom. The Balaban J connectivity index is 2.09. The summed E-state index contributed by atoms with van der Waals surface area (Å²) < 4.78 is 55.5. The molecule has 0 saturated carbocycles. The molecular weight excluding hydrogens is 376 g/mol. The number of aromatic nitrogens is 1. The first-order valence-corrected chi connectivity index (χ1v) is 8.91. The lowest BCUT2D eigenvalue weighted by Crippen LogP contribution is -2.23. The van der Waals surface area contributed by atoms with E-state index in [1.165, 1.54) is 0 Å². The first kappa shape index (κ1) is 19.4. The minimum atomic E-state index is -3.87. The predicted octanol–water partition coefficient (Wildman–Crippen LogP) is 2.88. The number of sulfonamides is 1. The standard InChI is InChI=1S/C15H16ClF2N3O3S/c1-21(2)14-6-3-10(8-19-14)9-20-25(22,23)11-4-5-13(12(16)7-11)24-15(17)18/h3-8,15,20H,9H2,1-2H3. The van der Waals surface area contributed by atoms with E-state index in [9.17, 15) is 17.2 Å². The van der Waals surface area contributed by atoms with Crippen molar-refractivity contribution in [1.82, 2.24) is 9.71 Å². The molecule has 1 aromatic carbocycles. The molecule has 0 saturated heterocycles. The summed E-state index contributed by atoms with van der Waals surface area (Å²) >= 11 is 5.78. The number of halogens is 3. The molecule has 0 bridgehead atoms. The van der Waals surface area contributed by atoms with Crippen LogP contribution in [-0.4, -0.2) is 34.1 Å². The highest BCUT2D eigenvalue weighted by Gasteiger charge is 2.17. The number of rotatable bonds is 7. The van der Waals surface area contributed by atoms with Gasteiger partial charge in [0.05, 0.1) is 9.92 Å². The van der Waals surface area contributed by atoms with Crippen LogP contribution in [0, 0.1) is 0 Å². The zero-order valence-electron chi connectivity index (χ0n) is 13.4. The topological polar surface area (TPSA) is 71.5 Å². The van der Waals surface area contributed by atoms with Crippen LogP contribution in [-0.2, 0) is 16.6 Å². The average molecular weight is 392 g/mol. The van der Waals surface area contributed by atoms with Crippen molar-refractivity contribution >= 4 is 27.4 Å². The Bertz CT molecular complexity index is 830. The highest BCUT2D eigenvalue weighted by Crippen LogP contribution is 2.28. The molecule has 2 rings (SSSR count). The lowest BCUT2D eigenvalue weighted by molar-refractivity contribution is -0.0498. The molecule has 0 unspecified atom stereocenters. The molecule has 0 aliphatic rings. The minimum absolute atomic E-state index is 0.0238. The van der Waals surface area contributed by atoms with Crippen LogP contribution in [0.4, 0.5) is 14.6 Å². The largest absolute Gasteiger partial charge is 0.433 e. The lowest BCUT2D eigenvalue weighted by Gasteiger charge is -2.12. The first-order chi connectivity index (χ1) is 11.7. The van der Waals surface area contributed by atoms with Gasteiger partial charge in [0.15, 0.2) is 0 Å². The van der Waals surface area contributed by atoms with Crippen molar-refractivity contribution < 1.29 is 21.9 Å². The normalized spacial score (nSPS) is 11.6. The molecule has 0 fully saturated rings. The summed E-state index contributed by atoms with van der Waals surface area (Å²) in [7, 11) is -0.182. The molecule has 1 heterocycles. The second kappa shape index (κ2) is 7.94. The number of pyridine rings is 1. The molecule has 0 spiro atoms. The number of anilines is 1. The molecule has 136 valence electrons. The fraction of sp³-hybridized carbons (Fsp3) is 0.267. The number of nitrogens with zero attached hydrogens (tertiary/aromatic N) is 2. The Morgan fingerprint density at radius 1 is 1.28 bits per heavy atom. The smallest absolute Gasteiger partial charge is 0.387 e. The van der Waals surface area contributed by atoms with E-state index in [-0.39, 0.29) is 22.2 Å². The van der Waals surface area contributed by atoms with E-state index in [2.05, 4.69) is 14.4 Å². The second-order valence-electron chi connectivity index (χ2n) is 5.21. The van der Waals surface area contributed by atoms with Crippen molar-refractivity contribution in [3.63, 3.8) is 0 Å². The van der Waals surface area contributed by atoms with E-state index >= 15 is 0 Å². The van der Waals surface area contributed by atoms with E-state index < -0.39 is 16.6 Å². The number of ether oxygens (including phenoxy) is 1. The molecular formula is C15H16ClF2N3O3S. The van der Waals surface area contributed by atoms with Crippen LogP contribution in [0.2, 0.25) is 5.02 Å². The van der Waals surface area contributed by atoms with Gasteiger partial charge in [-0.05, 0) is 29.8 Å². The third-order valence-corrected chi connectivity index (χ3v) is 4.86. The Hall–Kier alpha value is -1.97. The van der Waals surface area contributed by atoms with Crippen molar-refractivity contribution in [2.75, 3.05) is 19.0 Å². The van der Waals surface area contributed by atoms with Gasteiger partial charge in [0.25, 0.3) is 0 Å². The number of nitrogens with one attached hydrogen (secondary N) is 1. The zero-order chi connectivity index (χ0) is 18.6. The van der Waals surface area contributed by atoms with Gasteiger partial charge >= 0.3 is 6.61 Å². The van der Waals surface area contributed by atoms with Crippen LogP contribution in [0.25, 0.3) is 0 Å². The molecule has 0 aliphatic heterocycles. The molecule has 25 heavy (non-hydrogen) atoms. The van der Waals surface area contributed by atoms with Gasteiger partial charge in [-0.25, -0.2) is 18.1 Å². The predicted molar refractivity (Wildman–Crippen MR) is 90.7 cm³/mol. The van der Waals surface area contributed by atoms with Gasteiger partial charge in [-0.1, -0.05) is 17.7 Å². The molecule has 0 radical (unpaired) electrons. The molecule has 0 amide bonds. The zero-order valence-corrected chi connectivity index (χ0v) is 15.0. The minimum Gasteiger partial charge on any atom is -0.433 e. The summed E-state index contributed by atoms with van der Waals surface area (Å²) in [6, 6.07) is 6.78. The third-order valence-electron chi connectivity index (χ3n) is 3.16. The molecule has 0 aliphatic carbocycles. The van der Waals surface area contributed by atoms with Gasteiger partial charge in [-0.2, -0.15) is 8.78 Å². The summed E-state index contributed by atoms with van der Waals surface area (Å²) in [6.07, 6.45) is 1.56. The van der Waals surface area contributed by atoms with Crippen LogP contribution in [0.15, 0.2) is 41.4 Å². The van der Waals surface area contributed by atoms with Gasteiger partial charge in [-0.3, -0.25) is 0 Å². The van der Waals surface area contributed by atoms with E-state index in [1.54, 1.807) is 18.3 Å². The maximum absolute atomic E-state index is 12.3. The van der Waals surface area contributed by atoms with E-state index in [0.29, 0.717) is 5.56 Å². The van der Waals surface area contributed by atoms with Crippen LogP contribution in [0.1, 0.15) is 5.56 Å². The quantitative estimate of drug-likeness (QED) is 0.785. The number of hydrogen-bond acceptors (Lipinski definition) is 5.